The van der Waals surface area contributed by atoms with E-state index in [0.29, 0.717) is 20.4 Å². The molecule has 0 aliphatic carbocycles. The molecule has 24 heavy (non-hydrogen) atoms. The molecule has 3 rings (SSSR count). The molecule has 0 aliphatic heterocycles. The van der Waals surface area contributed by atoms with Crippen molar-refractivity contribution in [2.45, 2.75) is 0 Å². The number of hydrogen-bond donors (Lipinski definition) is 2. The van der Waals surface area contributed by atoms with E-state index in [0.717, 1.165) is 0 Å². The molecule has 4 nitrogen and oxygen atoms in total. The molecule has 2 N–H and O–H groups in total. The maximum atomic E-state index is 13.2. The molecule has 9 heteroatoms. The number of thiocarbonyl (C=S) groups is 1. The predicted octanol–water partition coefficient (Wildman–Crippen LogP) is 4.87. The number of nitrogens with one attached hydrogen (secondary N) is 2. The van der Waals surface area contributed by atoms with Gasteiger partial charge in [-0.1, -0.05) is 34.5 Å². The second-order valence-corrected chi connectivity index (χ2v) is 6.95. The Hall–Kier alpha value is -1.80. The molecule has 0 atom stereocenters. The molecular formula is C15H8Cl2FN3OS2. The molecule has 122 valence electrons. The van der Waals surface area contributed by atoms with Crippen LogP contribution in [0.3, 0.4) is 0 Å². The molecule has 0 aliphatic rings. The standard InChI is InChI=1S/C15H8Cl2FN3OS2/c16-7-1-3-9(10(17)5-7)13(22)20-14(23)21-15-19-11-4-2-8(18)6-12(11)24-15/h1-6H,(H2,19,20,21,22,23). The number of aromatic nitrogens is 1. The smallest absolute Gasteiger partial charge is 0.258 e. The molecule has 0 spiro atoms. The van der Waals surface area contributed by atoms with Crippen molar-refractivity contribution in [3.8, 4) is 0 Å². The third kappa shape index (κ3) is 3.81. The van der Waals surface area contributed by atoms with Crippen LogP contribution in [0.25, 0.3) is 10.2 Å². The molecule has 1 amide bonds. The van der Waals surface area contributed by atoms with E-state index in [-0.39, 0.29) is 21.5 Å². The van der Waals surface area contributed by atoms with E-state index >= 15 is 0 Å². The fourth-order valence-electron chi connectivity index (χ4n) is 1.92. The second-order valence-electron chi connectivity index (χ2n) is 4.66. The zero-order valence-corrected chi connectivity index (χ0v) is 14.9. The normalized spacial score (nSPS) is 10.6. The van der Waals surface area contributed by atoms with Crippen molar-refractivity contribution in [3.63, 3.8) is 0 Å². The van der Waals surface area contributed by atoms with E-state index in [4.69, 9.17) is 35.4 Å². The van der Waals surface area contributed by atoms with Crippen LogP contribution in [0.1, 0.15) is 10.4 Å². The van der Waals surface area contributed by atoms with E-state index in [1.54, 1.807) is 12.1 Å². The summed E-state index contributed by atoms with van der Waals surface area (Å²) < 4.78 is 13.9. The highest BCUT2D eigenvalue weighted by atomic mass is 35.5. The summed E-state index contributed by atoms with van der Waals surface area (Å²) in [5.41, 5.74) is 0.885. The molecule has 2 aromatic carbocycles. The minimum Gasteiger partial charge on any atom is -0.308 e. The van der Waals surface area contributed by atoms with E-state index in [9.17, 15) is 9.18 Å². The van der Waals surface area contributed by atoms with Crippen LogP contribution in [0, 0.1) is 5.82 Å². The highest BCUT2D eigenvalue weighted by Gasteiger charge is 2.13. The van der Waals surface area contributed by atoms with Crippen LogP contribution in [-0.2, 0) is 0 Å². The maximum absolute atomic E-state index is 13.2. The first-order valence-corrected chi connectivity index (χ1v) is 8.54. The van der Waals surface area contributed by atoms with Gasteiger partial charge in [-0.3, -0.25) is 10.1 Å². The van der Waals surface area contributed by atoms with Crippen LogP contribution >= 0.6 is 46.8 Å². The minimum atomic E-state index is -0.471. The van der Waals surface area contributed by atoms with Crippen molar-refractivity contribution in [1.82, 2.24) is 10.3 Å². The number of thiazole rings is 1. The summed E-state index contributed by atoms with van der Waals surface area (Å²) in [7, 11) is 0. The van der Waals surface area contributed by atoms with Gasteiger partial charge in [-0.15, -0.1) is 0 Å². The van der Waals surface area contributed by atoms with Crippen LogP contribution in [0.15, 0.2) is 36.4 Å². The fraction of sp³-hybridized carbons (Fsp3) is 0. The Bertz CT molecular complexity index is 961. The highest BCUT2D eigenvalue weighted by Crippen LogP contribution is 2.26. The number of hydrogen-bond acceptors (Lipinski definition) is 4. The minimum absolute atomic E-state index is 0.0607. The van der Waals surface area contributed by atoms with Crippen LogP contribution in [0.2, 0.25) is 10.0 Å². The average Bonchev–Trinajstić information content (AvgIpc) is 2.87. The SMILES string of the molecule is O=C(NC(=S)Nc1nc2ccc(F)cc2s1)c1ccc(Cl)cc1Cl. The van der Waals surface area contributed by atoms with Crippen molar-refractivity contribution in [1.29, 1.82) is 0 Å². The van der Waals surface area contributed by atoms with Crippen LogP contribution in [0.4, 0.5) is 9.52 Å². The summed E-state index contributed by atoms with van der Waals surface area (Å²) in [6, 6.07) is 8.81. The number of benzene rings is 2. The van der Waals surface area contributed by atoms with Gasteiger partial charge < -0.3 is 5.32 Å². The van der Waals surface area contributed by atoms with E-state index in [2.05, 4.69) is 15.6 Å². The summed E-state index contributed by atoms with van der Waals surface area (Å²) >= 11 is 18.1. The van der Waals surface area contributed by atoms with Crippen molar-refractivity contribution < 1.29 is 9.18 Å². The predicted molar refractivity (Wildman–Crippen MR) is 99.7 cm³/mol. The molecule has 1 aromatic heterocycles. The molecule has 3 aromatic rings. The Balaban J connectivity index is 1.71. The Labute approximate surface area is 155 Å². The monoisotopic (exact) mass is 399 g/mol. The van der Waals surface area contributed by atoms with Gasteiger partial charge in [0.05, 0.1) is 20.8 Å². The largest absolute Gasteiger partial charge is 0.308 e. The quantitative estimate of drug-likeness (QED) is 0.603. The molecule has 0 bridgehead atoms. The number of nitrogens with zero attached hydrogens (tertiary/aromatic N) is 1. The van der Waals surface area contributed by atoms with E-state index in [1.807, 2.05) is 0 Å². The van der Waals surface area contributed by atoms with Gasteiger partial charge in [0.2, 0.25) is 0 Å². The topological polar surface area (TPSA) is 54.0 Å². The maximum Gasteiger partial charge on any atom is 0.258 e. The number of carbonyl (C=O) groups excluding carboxylic acids is 1. The van der Waals surface area contributed by atoms with Crippen molar-refractivity contribution >= 4 is 73.1 Å². The fourth-order valence-corrected chi connectivity index (χ4v) is 3.57. The van der Waals surface area contributed by atoms with Gasteiger partial charge in [0.25, 0.3) is 5.91 Å². The molecule has 0 fully saturated rings. The van der Waals surface area contributed by atoms with E-state index < -0.39 is 5.91 Å². The third-order valence-electron chi connectivity index (χ3n) is 2.97. The average molecular weight is 400 g/mol. The third-order valence-corrected chi connectivity index (χ3v) is 4.66. The Morgan fingerprint density at radius 2 is 2.00 bits per heavy atom. The summed E-state index contributed by atoms with van der Waals surface area (Å²) in [4.78, 5) is 16.4. The number of halogens is 3. The lowest BCUT2D eigenvalue weighted by Crippen LogP contribution is -2.34. The van der Waals surface area contributed by atoms with Gasteiger partial charge in [0.15, 0.2) is 10.2 Å². The summed E-state index contributed by atoms with van der Waals surface area (Å²) in [5.74, 6) is -0.813. The van der Waals surface area contributed by atoms with Gasteiger partial charge in [-0.05, 0) is 48.6 Å². The Morgan fingerprint density at radius 1 is 1.21 bits per heavy atom. The summed E-state index contributed by atoms with van der Waals surface area (Å²) in [5, 5.41) is 6.46. The van der Waals surface area contributed by atoms with Crippen LogP contribution in [0.5, 0.6) is 0 Å². The zero-order valence-electron chi connectivity index (χ0n) is 11.8. The van der Waals surface area contributed by atoms with Crippen molar-refractivity contribution in [3.05, 3.63) is 57.8 Å². The summed E-state index contributed by atoms with van der Waals surface area (Å²) in [6.07, 6.45) is 0. The second kappa shape index (κ2) is 6.98. The number of amides is 1. The van der Waals surface area contributed by atoms with Gasteiger partial charge in [0, 0.05) is 5.02 Å². The molecule has 0 saturated heterocycles. The number of anilines is 1. The lowest BCUT2D eigenvalue weighted by atomic mass is 10.2. The molecule has 0 saturated carbocycles. The van der Waals surface area contributed by atoms with Gasteiger partial charge in [-0.2, -0.15) is 0 Å². The van der Waals surface area contributed by atoms with Gasteiger partial charge >= 0.3 is 0 Å². The molecule has 0 unspecified atom stereocenters. The first-order valence-electron chi connectivity index (χ1n) is 6.56. The first-order chi connectivity index (χ1) is 11.4. The number of carbonyl (C=O) groups is 1. The molecule has 1 heterocycles. The van der Waals surface area contributed by atoms with Gasteiger partial charge in [0.1, 0.15) is 5.82 Å². The molecule has 0 radical (unpaired) electrons. The van der Waals surface area contributed by atoms with E-state index in [1.165, 1.54) is 35.6 Å². The zero-order chi connectivity index (χ0) is 17.3. The Kier molecular flexibility index (Phi) is 4.96. The highest BCUT2D eigenvalue weighted by molar-refractivity contribution is 7.80. The summed E-state index contributed by atoms with van der Waals surface area (Å²) in [6.45, 7) is 0. The van der Waals surface area contributed by atoms with Crippen molar-refractivity contribution in [2.75, 3.05) is 5.32 Å². The number of fused-ring (bicyclic) bond motifs is 1. The Morgan fingerprint density at radius 3 is 2.75 bits per heavy atom. The first kappa shape index (κ1) is 17.0. The lowest BCUT2D eigenvalue weighted by Gasteiger charge is -2.08. The molecular weight excluding hydrogens is 392 g/mol. The van der Waals surface area contributed by atoms with Crippen molar-refractivity contribution in [2.24, 2.45) is 0 Å². The lowest BCUT2D eigenvalue weighted by molar-refractivity contribution is 0.0978. The van der Waals surface area contributed by atoms with Crippen LogP contribution < -0.4 is 10.6 Å². The van der Waals surface area contributed by atoms with Crippen LogP contribution in [-0.4, -0.2) is 16.0 Å². The number of rotatable bonds is 2. The van der Waals surface area contributed by atoms with Gasteiger partial charge in [-0.25, -0.2) is 9.37 Å².